The first-order chi connectivity index (χ1) is 10.3. The zero-order valence-electron chi connectivity index (χ0n) is 12.8. The van der Waals surface area contributed by atoms with E-state index in [1.807, 2.05) is 6.92 Å². The van der Waals surface area contributed by atoms with Crippen LogP contribution >= 0.6 is 0 Å². The number of carbonyl (C=O) groups is 1. The Bertz CT molecular complexity index is 612. The van der Waals surface area contributed by atoms with Crippen LogP contribution in [0.5, 0.6) is 0 Å². The Kier molecular flexibility index (Phi) is 2.62. The van der Waals surface area contributed by atoms with Gasteiger partial charge in [0.2, 0.25) is 0 Å². The maximum Gasteiger partial charge on any atom is 0.313 e. The molecule has 120 valence electrons. The van der Waals surface area contributed by atoms with E-state index in [-0.39, 0.29) is 5.92 Å². The molecule has 2 saturated heterocycles. The van der Waals surface area contributed by atoms with E-state index in [0.29, 0.717) is 5.57 Å². The number of ether oxygens (including phenoxy) is 3. The fraction of sp³-hybridized carbons (Fsp3) is 0.688. The molecule has 4 rings (SSSR count). The summed E-state index contributed by atoms with van der Waals surface area (Å²) in [7, 11) is 1.51. The minimum absolute atomic E-state index is 0.381. The average molecular weight is 308 g/mol. The Morgan fingerprint density at radius 3 is 2.77 bits per heavy atom. The molecule has 2 heterocycles. The first-order valence-electron chi connectivity index (χ1n) is 7.45. The standard InChI is InChI=1S/C16H20O6/c1-6(2)9-10-13(18)21-11(9)12-15(3)7(14(20-4)22-12)5-8(17)16(10,15)19/h5,8-12,14,17,19H,1H2,2-4H3/t8-,9-,10+,11+,12?,14+,15+,16+/m0/s1. The Hall–Kier alpha value is -1.21. The quantitative estimate of drug-likeness (QED) is 0.558. The number of esters is 1. The summed E-state index contributed by atoms with van der Waals surface area (Å²) in [6, 6.07) is 0. The minimum Gasteiger partial charge on any atom is -0.459 e. The molecule has 0 amide bonds. The van der Waals surface area contributed by atoms with Gasteiger partial charge in [0.25, 0.3) is 0 Å². The molecule has 2 bridgehead atoms. The average Bonchev–Trinajstić information content (AvgIpc) is 2.99. The number of methoxy groups -OCH3 is 1. The van der Waals surface area contributed by atoms with Gasteiger partial charge in [0, 0.05) is 13.0 Å². The molecule has 6 nitrogen and oxygen atoms in total. The molecule has 2 N–H and O–H groups in total. The van der Waals surface area contributed by atoms with Gasteiger partial charge in [-0.3, -0.25) is 4.79 Å². The van der Waals surface area contributed by atoms with E-state index >= 15 is 0 Å². The fourth-order valence-corrected chi connectivity index (χ4v) is 5.05. The second-order valence-corrected chi connectivity index (χ2v) is 6.97. The number of hydrogen-bond acceptors (Lipinski definition) is 6. The van der Waals surface area contributed by atoms with Crippen molar-refractivity contribution in [1.82, 2.24) is 0 Å². The monoisotopic (exact) mass is 308 g/mol. The third kappa shape index (κ3) is 1.22. The highest BCUT2D eigenvalue weighted by Crippen LogP contribution is 2.67. The van der Waals surface area contributed by atoms with E-state index in [9.17, 15) is 15.0 Å². The minimum atomic E-state index is -1.67. The molecular formula is C16H20O6. The van der Waals surface area contributed by atoms with E-state index in [4.69, 9.17) is 14.2 Å². The van der Waals surface area contributed by atoms with Gasteiger partial charge in [-0.25, -0.2) is 0 Å². The molecule has 0 spiro atoms. The summed E-state index contributed by atoms with van der Waals surface area (Å²) < 4.78 is 16.8. The van der Waals surface area contributed by atoms with Crippen LogP contribution in [0.1, 0.15) is 13.8 Å². The summed E-state index contributed by atoms with van der Waals surface area (Å²) in [6.45, 7) is 7.56. The normalized spacial score (nSPS) is 55.0. The van der Waals surface area contributed by atoms with E-state index in [1.54, 1.807) is 13.0 Å². The lowest BCUT2D eigenvalue weighted by Crippen LogP contribution is -2.67. The lowest BCUT2D eigenvalue weighted by atomic mass is 9.53. The highest BCUT2D eigenvalue weighted by molar-refractivity contribution is 5.80. The van der Waals surface area contributed by atoms with E-state index in [2.05, 4.69) is 6.58 Å². The maximum absolute atomic E-state index is 12.4. The predicted octanol–water partition coefficient (Wildman–Crippen LogP) is 0.143. The number of aliphatic hydroxyl groups is 2. The number of rotatable bonds is 2. The van der Waals surface area contributed by atoms with Crippen molar-refractivity contribution in [2.75, 3.05) is 7.11 Å². The Balaban J connectivity index is 1.95. The number of fused-ring (bicyclic) bond motifs is 4. The third-order valence-electron chi connectivity index (χ3n) is 6.09. The van der Waals surface area contributed by atoms with Crippen LogP contribution in [-0.4, -0.2) is 53.5 Å². The van der Waals surface area contributed by atoms with Crippen molar-refractivity contribution in [3.63, 3.8) is 0 Å². The second-order valence-electron chi connectivity index (χ2n) is 6.97. The smallest absolute Gasteiger partial charge is 0.313 e. The molecule has 6 heteroatoms. The summed E-state index contributed by atoms with van der Waals surface area (Å²) in [5.74, 6) is -1.73. The molecule has 4 aliphatic rings. The van der Waals surface area contributed by atoms with Crippen LogP contribution in [0.15, 0.2) is 23.8 Å². The van der Waals surface area contributed by atoms with Crippen molar-refractivity contribution >= 4 is 5.97 Å². The van der Waals surface area contributed by atoms with Crippen LogP contribution in [0.3, 0.4) is 0 Å². The number of carbonyl (C=O) groups excluding carboxylic acids is 1. The molecule has 0 aromatic rings. The van der Waals surface area contributed by atoms with Crippen LogP contribution < -0.4 is 0 Å². The molecule has 3 fully saturated rings. The van der Waals surface area contributed by atoms with Crippen molar-refractivity contribution in [3.8, 4) is 0 Å². The van der Waals surface area contributed by atoms with Gasteiger partial charge >= 0.3 is 5.97 Å². The zero-order valence-corrected chi connectivity index (χ0v) is 12.8. The lowest BCUT2D eigenvalue weighted by Gasteiger charge is -2.51. The molecule has 22 heavy (non-hydrogen) atoms. The molecule has 1 unspecified atom stereocenters. The predicted molar refractivity (Wildman–Crippen MR) is 74.5 cm³/mol. The topological polar surface area (TPSA) is 85.2 Å². The van der Waals surface area contributed by atoms with Crippen molar-refractivity contribution in [1.29, 1.82) is 0 Å². The van der Waals surface area contributed by atoms with Crippen LogP contribution in [0.25, 0.3) is 0 Å². The van der Waals surface area contributed by atoms with Crippen molar-refractivity contribution in [3.05, 3.63) is 23.8 Å². The maximum atomic E-state index is 12.4. The van der Waals surface area contributed by atoms with Gasteiger partial charge in [-0.05, 0) is 18.6 Å². The molecule has 0 aromatic carbocycles. The molecule has 1 saturated carbocycles. The van der Waals surface area contributed by atoms with Gasteiger partial charge < -0.3 is 24.4 Å². The van der Waals surface area contributed by atoms with E-state index in [1.165, 1.54) is 7.11 Å². The molecule has 0 aromatic heterocycles. The first-order valence-corrected chi connectivity index (χ1v) is 7.45. The lowest BCUT2D eigenvalue weighted by molar-refractivity contribution is -0.216. The third-order valence-corrected chi connectivity index (χ3v) is 6.09. The van der Waals surface area contributed by atoms with Crippen LogP contribution in [0.4, 0.5) is 0 Å². The zero-order chi connectivity index (χ0) is 16.0. The van der Waals surface area contributed by atoms with Gasteiger partial charge in [0.1, 0.15) is 23.9 Å². The molecule has 2 aliphatic carbocycles. The van der Waals surface area contributed by atoms with E-state index in [0.717, 1.165) is 5.57 Å². The van der Waals surface area contributed by atoms with Crippen molar-refractivity contribution in [2.45, 2.75) is 44.1 Å². The molecular weight excluding hydrogens is 288 g/mol. The van der Waals surface area contributed by atoms with Gasteiger partial charge in [-0.2, -0.15) is 0 Å². The first kappa shape index (κ1) is 14.4. The SMILES string of the molecule is C=C(C)[C@@H]1[C@H]2OC(=O)[C@@H]1[C@]1(O)[C@@H](O)C=C3[C@H](OC)OC2[C@@]31C. The highest BCUT2D eigenvalue weighted by Gasteiger charge is 2.80. The Morgan fingerprint density at radius 1 is 1.50 bits per heavy atom. The van der Waals surface area contributed by atoms with Crippen molar-refractivity contribution < 1.29 is 29.2 Å². The Morgan fingerprint density at radius 2 is 2.18 bits per heavy atom. The van der Waals surface area contributed by atoms with Crippen LogP contribution in [-0.2, 0) is 19.0 Å². The summed E-state index contributed by atoms with van der Waals surface area (Å²) in [6.07, 6.45) is -1.35. The van der Waals surface area contributed by atoms with Gasteiger partial charge in [0.05, 0.1) is 11.3 Å². The van der Waals surface area contributed by atoms with Gasteiger partial charge in [0.15, 0.2) is 6.29 Å². The molecule has 0 radical (unpaired) electrons. The molecule has 8 atom stereocenters. The number of aliphatic hydroxyl groups excluding tert-OH is 1. The summed E-state index contributed by atoms with van der Waals surface area (Å²) >= 11 is 0. The highest BCUT2D eigenvalue weighted by atomic mass is 16.7. The summed E-state index contributed by atoms with van der Waals surface area (Å²) in [5.41, 5.74) is -1.17. The Labute approximate surface area is 128 Å². The van der Waals surface area contributed by atoms with Crippen LogP contribution in [0.2, 0.25) is 0 Å². The second kappa shape index (κ2) is 4.00. The molecule has 2 aliphatic heterocycles. The van der Waals surface area contributed by atoms with E-state index < -0.39 is 47.5 Å². The summed E-state index contributed by atoms with van der Waals surface area (Å²) in [5, 5.41) is 22.0. The largest absolute Gasteiger partial charge is 0.459 e. The number of hydrogen-bond donors (Lipinski definition) is 2. The fourth-order valence-electron chi connectivity index (χ4n) is 5.05. The summed E-state index contributed by atoms with van der Waals surface area (Å²) in [4.78, 5) is 12.4. The van der Waals surface area contributed by atoms with Gasteiger partial charge in [-0.15, -0.1) is 0 Å². The van der Waals surface area contributed by atoms with Crippen LogP contribution in [0, 0.1) is 17.3 Å². The van der Waals surface area contributed by atoms with Gasteiger partial charge in [-0.1, -0.05) is 19.1 Å². The van der Waals surface area contributed by atoms with Crippen molar-refractivity contribution in [2.24, 2.45) is 17.3 Å².